The van der Waals surface area contributed by atoms with Gasteiger partial charge in [0, 0.05) is 0 Å². The van der Waals surface area contributed by atoms with E-state index in [-0.39, 0.29) is 5.41 Å². The van der Waals surface area contributed by atoms with Crippen molar-refractivity contribution < 1.29 is 4.79 Å². The fraction of sp³-hybridized carbons (Fsp3) is 0.786. The number of carbonyl (C=O) groups excluding carboxylic acids is 1. The predicted molar refractivity (Wildman–Crippen MR) is 75.2 cm³/mol. The van der Waals surface area contributed by atoms with Crippen molar-refractivity contribution in [3.8, 4) is 0 Å². The molecule has 1 nitrogen and oxygen atoms in total. The van der Waals surface area contributed by atoms with E-state index in [1.54, 1.807) is 6.26 Å². The molecule has 0 aromatic carbocycles. The quantitative estimate of drug-likeness (QED) is 0.532. The highest BCUT2D eigenvalue weighted by Gasteiger charge is 2.21. The van der Waals surface area contributed by atoms with E-state index in [4.69, 9.17) is 0 Å². The van der Waals surface area contributed by atoms with Gasteiger partial charge in [-0.15, -0.1) is 0 Å². The van der Waals surface area contributed by atoms with Gasteiger partial charge in [-0.25, -0.2) is 0 Å². The molecule has 0 unspecified atom stereocenters. The fourth-order valence-corrected chi connectivity index (χ4v) is 2.27. The van der Waals surface area contributed by atoms with Crippen LogP contribution in [0.5, 0.6) is 0 Å². The number of thiol groups is 1. The summed E-state index contributed by atoms with van der Waals surface area (Å²) in [7, 11) is 0. The van der Waals surface area contributed by atoms with E-state index in [9.17, 15) is 4.79 Å². The molecule has 0 aromatic rings. The molecule has 0 N–H and O–H groups in total. The second-order valence-corrected chi connectivity index (χ2v) is 5.29. The molecular weight excluding hydrogens is 216 g/mol. The van der Waals surface area contributed by atoms with E-state index < -0.39 is 0 Å². The van der Waals surface area contributed by atoms with Crippen molar-refractivity contribution in [3.05, 3.63) is 11.1 Å². The minimum Gasteiger partial charge on any atom is -0.298 e. The molecule has 1 aliphatic carbocycles. The number of rotatable bonds is 1. The summed E-state index contributed by atoms with van der Waals surface area (Å²) in [5.41, 5.74) is 2.65. The average Bonchev–Trinajstić information content (AvgIpc) is 2.18. The molecule has 0 aromatic heterocycles. The third-order valence-electron chi connectivity index (χ3n) is 3.06. The lowest BCUT2D eigenvalue weighted by atomic mass is 9.78. The van der Waals surface area contributed by atoms with Crippen LogP contribution in [0.3, 0.4) is 0 Å². The zero-order valence-electron chi connectivity index (χ0n) is 11.2. The summed E-state index contributed by atoms with van der Waals surface area (Å²) in [5, 5.41) is 0. The van der Waals surface area contributed by atoms with Crippen molar-refractivity contribution in [2.75, 3.05) is 6.26 Å². The predicted octanol–water partition coefficient (Wildman–Crippen LogP) is 4.43. The van der Waals surface area contributed by atoms with Crippen molar-refractivity contribution >= 4 is 18.9 Å². The van der Waals surface area contributed by atoms with E-state index in [2.05, 4.69) is 33.4 Å². The van der Waals surface area contributed by atoms with Crippen LogP contribution in [0.2, 0.25) is 0 Å². The van der Waals surface area contributed by atoms with Gasteiger partial charge in [-0.2, -0.15) is 12.6 Å². The second-order valence-electron chi connectivity index (χ2n) is 5.29. The molecule has 1 aliphatic rings. The maximum atomic E-state index is 11.0. The Morgan fingerprint density at radius 2 is 1.50 bits per heavy atom. The zero-order chi connectivity index (χ0) is 12.6. The maximum absolute atomic E-state index is 11.0. The summed E-state index contributed by atoms with van der Waals surface area (Å²) < 4.78 is 0. The molecule has 0 saturated carbocycles. The normalized spacial score (nSPS) is 22.6. The standard InChI is InChI=1S/C13H22O.CH4S/c1-13(2,3)12-9-7-5-4-6-8-11(12)10-14;1-2/h10H,4-9H2,1-3H3;2H,1H3/b12-11-;. The number of hydrogen-bond acceptors (Lipinski definition) is 2. The van der Waals surface area contributed by atoms with Crippen LogP contribution in [0.15, 0.2) is 11.1 Å². The smallest absolute Gasteiger partial charge is 0.145 e. The summed E-state index contributed by atoms with van der Waals surface area (Å²) in [6.07, 6.45) is 9.96. The molecular formula is C14H26OS. The highest BCUT2D eigenvalue weighted by atomic mass is 32.1. The first kappa shape index (κ1) is 15.8. The molecule has 1 rings (SSSR count). The summed E-state index contributed by atoms with van der Waals surface area (Å²) in [6, 6.07) is 0. The number of aldehydes is 1. The zero-order valence-corrected chi connectivity index (χ0v) is 12.1. The fourth-order valence-electron chi connectivity index (χ4n) is 2.27. The Morgan fingerprint density at radius 3 is 1.94 bits per heavy atom. The van der Waals surface area contributed by atoms with E-state index in [0.717, 1.165) is 24.7 Å². The van der Waals surface area contributed by atoms with Crippen LogP contribution < -0.4 is 0 Å². The molecule has 0 atom stereocenters. The molecule has 0 heterocycles. The molecule has 0 aliphatic heterocycles. The van der Waals surface area contributed by atoms with Crippen LogP contribution >= 0.6 is 12.6 Å². The highest BCUT2D eigenvalue weighted by Crippen LogP contribution is 2.34. The first-order valence-electron chi connectivity index (χ1n) is 6.18. The Balaban J connectivity index is 0.00000106. The lowest BCUT2D eigenvalue weighted by molar-refractivity contribution is -0.105. The van der Waals surface area contributed by atoms with Crippen LogP contribution in [0.25, 0.3) is 0 Å². The largest absolute Gasteiger partial charge is 0.298 e. The van der Waals surface area contributed by atoms with Gasteiger partial charge in [0.15, 0.2) is 0 Å². The van der Waals surface area contributed by atoms with Crippen molar-refractivity contribution in [1.82, 2.24) is 0 Å². The minimum absolute atomic E-state index is 0.174. The maximum Gasteiger partial charge on any atom is 0.145 e. The second kappa shape index (κ2) is 7.94. The molecule has 94 valence electrons. The Kier molecular flexibility index (Phi) is 7.82. The molecule has 0 amide bonds. The van der Waals surface area contributed by atoms with Gasteiger partial charge in [-0.05, 0) is 42.9 Å². The molecule has 0 fully saturated rings. The molecule has 16 heavy (non-hydrogen) atoms. The number of allylic oxidation sites excluding steroid dienone is 2. The Labute approximate surface area is 106 Å². The summed E-state index contributed by atoms with van der Waals surface area (Å²) in [4.78, 5) is 11.0. The van der Waals surface area contributed by atoms with Gasteiger partial charge in [-0.3, -0.25) is 4.79 Å². The van der Waals surface area contributed by atoms with Crippen LogP contribution in [0.1, 0.15) is 59.3 Å². The van der Waals surface area contributed by atoms with Gasteiger partial charge < -0.3 is 0 Å². The SMILES string of the molecule is CC(C)(C)/C1=C(\C=O)CCCCCC1.CS. The summed E-state index contributed by atoms with van der Waals surface area (Å²) >= 11 is 3.53. The van der Waals surface area contributed by atoms with Crippen LogP contribution in [-0.2, 0) is 4.79 Å². The summed E-state index contributed by atoms with van der Waals surface area (Å²) in [6.45, 7) is 6.65. The molecule has 0 bridgehead atoms. The van der Waals surface area contributed by atoms with Crippen LogP contribution in [0.4, 0.5) is 0 Å². The Hall–Kier alpha value is -0.240. The van der Waals surface area contributed by atoms with Crippen LogP contribution in [-0.4, -0.2) is 12.5 Å². The number of carbonyl (C=O) groups is 1. The first-order chi connectivity index (χ1) is 7.55. The van der Waals surface area contributed by atoms with Gasteiger partial charge in [0.1, 0.15) is 6.29 Å². The van der Waals surface area contributed by atoms with Gasteiger partial charge in [0.25, 0.3) is 0 Å². The summed E-state index contributed by atoms with van der Waals surface area (Å²) in [5.74, 6) is 0. The third kappa shape index (κ3) is 5.20. The lowest BCUT2D eigenvalue weighted by Gasteiger charge is -2.27. The van der Waals surface area contributed by atoms with Crippen LogP contribution in [0, 0.1) is 5.41 Å². The third-order valence-corrected chi connectivity index (χ3v) is 3.06. The average molecular weight is 242 g/mol. The van der Waals surface area contributed by atoms with Crippen molar-refractivity contribution in [3.63, 3.8) is 0 Å². The Bertz CT molecular complexity index is 236. The van der Waals surface area contributed by atoms with Gasteiger partial charge in [0.05, 0.1) is 0 Å². The molecule has 0 radical (unpaired) electrons. The lowest BCUT2D eigenvalue weighted by Crippen LogP contribution is -2.14. The van der Waals surface area contributed by atoms with Crippen molar-refractivity contribution in [2.24, 2.45) is 5.41 Å². The monoisotopic (exact) mass is 242 g/mol. The van der Waals surface area contributed by atoms with Gasteiger partial charge in [0.2, 0.25) is 0 Å². The van der Waals surface area contributed by atoms with E-state index in [0.29, 0.717) is 0 Å². The molecule has 0 saturated heterocycles. The first-order valence-corrected chi connectivity index (χ1v) is 7.07. The van der Waals surface area contributed by atoms with E-state index in [1.165, 1.54) is 31.3 Å². The number of hydrogen-bond donors (Lipinski definition) is 1. The van der Waals surface area contributed by atoms with Crippen molar-refractivity contribution in [2.45, 2.75) is 59.3 Å². The van der Waals surface area contributed by atoms with E-state index >= 15 is 0 Å². The van der Waals surface area contributed by atoms with Gasteiger partial charge >= 0.3 is 0 Å². The molecule has 0 spiro atoms. The van der Waals surface area contributed by atoms with Crippen molar-refractivity contribution in [1.29, 1.82) is 0 Å². The van der Waals surface area contributed by atoms with Gasteiger partial charge in [-0.1, -0.05) is 39.2 Å². The Morgan fingerprint density at radius 1 is 1.00 bits per heavy atom. The minimum atomic E-state index is 0.174. The highest BCUT2D eigenvalue weighted by molar-refractivity contribution is 7.79. The van der Waals surface area contributed by atoms with E-state index in [1.807, 2.05) is 0 Å². The molecule has 2 heteroatoms. The topological polar surface area (TPSA) is 17.1 Å².